The highest BCUT2D eigenvalue weighted by Crippen LogP contribution is 2.23. The van der Waals surface area contributed by atoms with E-state index in [1.165, 1.54) is 6.33 Å². The van der Waals surface area contributed by atoms with E-state index >= 15 is 0 Å². The van der Waals surface area contributed by atoms with Gasteiger partial charge in [0, 0.05) is 23.0 Å². The van der Waals surface area contributed by atoms with E-state index in [0.717, 1.165) is 5.69 Å². The second kappa shape index (κ2) is 8.83. The van der Waals surface area contributed by atoms with E-state index < -0.39 is 0 Å². The summed E-state index contributed by atoms with van der Waals surface area (Å²) in [6.45, 7) is 1.90. The maximum atomic E-state index is 9.34. The monoisotopic (exact) mass is 390 g/mol. The van der Waals surface area contributed by atoms with Crippen molar-refractivity contribution in [2.24, 2.45) is 4.99 Å². The highest BCUT2D eigenvalue weighted by molar-refractivity contribution is 7.80. The van der Waals surface area contributed by atoms with Crippen LogP contribution in [0.4, 0.5) is 23.0 Å². The highest BCUT2D eigenvalue weighted by Gasteiger charge is 2.16. The molecular formula is C19H18N8S. The number of nitrogens with zero attached hydrogens (tertiary/aromatic N) is 5. The molecule has 0 spiro atoms. The first kappa shape index (κ1) is 19.1. The Morgan fingerprint density at radius 1 is 1.25 bits per heavy atom. The molecule has 0 radical (unpaired) electrons. The molecule has 1 unspecified atom stereocenters. The fourth-order valence-electron chi connectivity index (χ4n) is 2.40. The molecule has 140 valence electrons. The Labute approximate surface area is 168 Å². The molecule has 2 heterocycles. The number of anilines is 3. The first-order valence-electron chi connectivity index (χ1n) is 8.39. The van der Waals surface area contributed by atoms with Crippen LogP contribution in [-0.2, 0) is 0 Å². The van der Waals surface area contributed by atoms with E-state index in [1.807, 2.05) is 43.3 Å². The molecule has 0 saturated carbocycles. The van der Waals surface area contributed by atoms with Crippen molar-refractivity contribution in [3.05, 3.63) is 60.7 Å². The normalized spacial score (nSPS) is 12.1. The Balaban J connectivity index is 1.96. The summed E-state index contributed by atoms with van der Waals surface area (Å²) >= 11 is 4.41. The van der Waals surface area contributed by atoms with Gasteiger partial charge >= 0.3 is 0 Å². The molecule has 0 saturated heterocycles. The van der Waals surface area contributed by atoms with Gasteiger partial charge in [-0.05, 0) is 25.1 Å². The van der Waals surface area contributed by atoms with Gasteiger partial charge in [0.15, 0.2) is 0 Å². The molecule has 0 amide bonds. The van der Waals surface area contributed by atoms with Crippen molar-refractivity contribution in [2.45, 2.75) is 17.9 Å². The smallest absolute Gasteiger partial charge is 0.150 e. The zero-order valence-corrected chi connectivity index (χ0v) is 15.9. The van der Waals surface area contributed by atoms with Gasteiger partial charge in [0.2, 0.25) is 0 Å². The molecule has 4 N–H and O–H groups in total. The first-order valence-corrected chi connectivity index (χ1v) is 8.84. The Kier molecular flexibility index (Phi) is 6.04. The van der Waals surface area contributed by atoms with Gasteiger partial charge in [-0.1, -0.05) is 18.2 Å². The van der Waals surface area contributed by atoms with Gasteiger partial charge in [0.05, 0.1) is 11.7 Å². The van der Waals surface area contributed by atoms with Gasteiger partial charge in [-0.2, -0.15) is 5.26 Å². The Morgan fingerprint density at radius 2 is 2.04 bits per heavy atom. The zero-order chi connectivity index (χ0) is 19.9. The van der Waals surface area contributed by atoms with Crippen LogP contribution in [0.25, 0.3) is 0 Å². The molecule has 0 aliphatic carbocycles. The minimum absolute atomic E-state index is 0.119. The maximum Gasteiger partial charge on any atom is 0.150 e. The molecule has 28 heavy (non-hydrogen) atoms. The fraction of sp³-hybridized carbons (Fsp3) is 0.105. The maximum absolute atomic E-state index is 9.34. The largest absolute Gasteiger partial charge is 0.382 e. The van der Waals surface area contributed by atoms with Crippen LogP contribution in [-0.4, -0.2) is 26.8 Å². The Hall–Kier alpha value is -3.64. The van der Waals surface area contributed by atoms with Crippen LogP contribution in [0.3, 0.4) is 0 Å². The van der Waals surface area contributed by atoms with Crippen LogP contribution in [0.5, 0.6) is 0 Å². The van der Waals surface area contributed by atoms with Crippen LogP contribution < -0.4 is 16.4 Å². The molecule has 9 heteroatoms. The summed E-state index contributed by atoms with van der Waals surface area (Å²) in [6, 6.07) is 13.1. The van der Waals surface area contributed by atoms with Crippen molar-refractivity contribution in [2.75, 3.05) is 16.4 Å². The average Bonchev–Trinajstić information content (AvgIpc) is 2.70. The van der Waals surface area contributed by atoms with Crippen LogP contribution in [0.1, 0.15) is 12.5 Å². The van der Waals surface area contributed by atoms with Gasteiger partial charge in [-0.3, -0.25) is 4.98 Å². The summed E-state index contributed by atoms with van der Waals surface area (Å²) in [5.74, 6) is 1.06. The standard InChI is InChI=1S/C19H18N8S/c1-12(25-19-14(9-20)17(21)23-11-24-19)18(26-13-5-3-2-4-6-13)27-15-7-8-22-10-16(15)28/h2-8,10-12,28H,1H3,(H,22,26,27)(H3,21,23,24,25). The summed E-state index contributed by atoms with van der Waals surface area (Å²) < 4.78 is 0. The second-order valence-electron chi connectivity index (χ2n) is 5.81. The van der Waals surface area contributed by atoms with Crippen LogP contribution >= 0.6 is 12.6 Å². The van der Waals surface area contributed by atoms with Crippen molar-refractivity contribution in [1.82, 2.24) is 15.0 Å². The lowest BCUT2D eigenvalue weighted by Crippen LogP contribution is -2.33. The minimum Gasteiger partial charge on any atom is -0.382 e. The van der Waals surface area contributed by atoms with E-state index in [0.29, 0.717) is 22.2 Å². The molecule has 0 fully saturated rings. The predicted molar refractivity (Wildman–Crippen MR) is 113 cm³/mol. The summed E-state index contributed by atoms with van der Waals surface area (Å²) in [5.41, 5.74) is 7.49. The van der Waals surface area contributed by atoms with Crippen molar-refractivity contribution < 1.29 is 0 Å². The highest BCUT2D eigenvalue weighted by atomic mass is 32.1. The van der Waals surface area contributed by atoms with Crippen molar-refractivity contribution >= 4 is 41.5 Å². The number of hydrogen-bond acceptors (Lipinski definition) is 8. The number of para-hydroxylation sites is 1. The number of nitrogens with two attached hydrogens (primary N) is 1. The summed E-state index contributed by atoms with van der Waals surface area (Å²) in [5, 5.41) is 15.8. The van der Waals surface area contributed by atoms with Gasteiger partial charge in [0.25, 0.3) is 0 Å². The van der Waals surface area contributed by atoms with E-state index in [1.54, 1.807) is 18.5 Å². The molecule has 0 aliphatic heterocycles. The lowest BCUT2D eigenvalue weighted by Gasteiger charge is -2.20. The van der Waals surface area contributed by atoms with E-state index in [9.17, 15) is 5.26 Å². The number of aliphatic imine (C=N–C) groups is 1. The fourth-order valence-corrected chi connectivity index (χ4v) is 2.59. The molecule has 3 aromatic rings. The summed E-state index contributed by atoms with van der Waals surface area (Å²) in [7, 11) is 0. The molecule has 3 rings (SSSR count). The van der Waals surface area contributed by atoms with E-state index in [-0.39, 0.29) is 17.4 Å². The SMILES string of the molecule is CC(Nc1ncnc(N)c1C#N)C(=Nc1ccncc1S)Nc1ccccc1. The Morgan fingerprint density at radius 3 is 2.75 bits per heavy atom. The topological polar surface area (TPSA) is 125 Å². The van der Waals surface area contributed by atoms with Gasteiger partial charge in [0.1, 0.15) is 35.4 Å². The number of pyridine rings is 1. The van der Waals surface area contributed by atoms with Crippen LogP contribution in [0.15, 0.2) is 65.0 Å². The number of thiol groups is 1. The van der Waals surface area contributed by atoms with Gasteiger partial charge in [-0.25, -0.2) is 15.0 Å². The number of hydrogen-bond donors (Lipinski definition) is 4. The quantitative estimate of drug-likeness (QED) is 0.299. The molecule has 1 aromatic carbocycles. The number of rotatable bonds is 5. The molecule has 0 aliphatic rings. The van der Waals surface area contributed by atoms with E-state index in [4.69, 9.17) is 10.7 Å². The van der Waals surface area contributed by atoms with Gasteiger partial charge in [-0.15, -0.1) is 12.6 Å². The molecule has 1 atom stereocenters. The summed E-state index contributed by atoms with van der Waals surface area (Å²) in [4.78, 5) is 17.4. The lowest BCUT2D eigenvalue weighted by atomic mass is 10.2. The number of nitrogen functional groups attached to an aromatic ring is 1. The average molecular weight is 390 g/mol. The molecule has 2 aromatic heterocycles. The third kappa shape index (κ3) is 4.55. The molecule has 8 nitrogen and oxygen atoms in total. The molecule has 0 bridgehead atoms. The third-order valence-electron chi connectivity index (χ3n) is 3.82. The number of nitrogens with one attached hydrogen (secondary N) is 2. The van der Waals surface area contributed by atoms with Gasteiger partial charge < -0.3 is 16.4 Å². The minimum atomic E-state index is -0.331. The number of nitriles is 1. The van der Waals surface area contributed by atoms with E-state index in [2.05, 4.69) is 38.2 Å². The summed E-state index contributed by atoms with van der Waals surface area (Å²) in [6.07, 6.45) is 4.58. The van der Waals surface area contributed by atoms with Crippen LogP contribution in [0.2, 0.25) is 0 Å². The van der Waals surface area contributed by atoms with Crippen LogP contribution in [0, 0.1) is 11.3 Å². The first-order chi connectivity index (χ1) is 13.6. The van der Waals surface area contributed by atoms with Crippen molar-refractivity contribution in [3.63, 3.8) is 0 Å². The number of amidine groups is 1. The predicted octanol–water partition coefficient (Wildman–Crippen LogP) is 3.26. The number of benzene rings is 1. The zero-order valence-electron chi connectivity index (χ0n) is 15.0. The molecular weight excluding hydrogens is 372 g/mol. The number of aromatic nitrogens is 3. The van der Waals surface area contributed by atoms with Crippen molar-refractivity contribution in [1.29, 1.82) is 5.26 Å². The lowest BCUT2D eigenvalue weighted by molar-refractivity contribution is 1.00. The third-order valence-corrected chi connectivity index (χ3v) is 4.16. The second-order valence-corrected chi connectivity index (χ2v) is 6.29. The van der Waals surface area contributed by atoms with Crippen molar-refractivity contribution in [3.8, 4) is 6.07 Å². The Bertz CT molecular complexity index is 1030.